The number of halogens is 1. The van der Waals surface area contributed by atoms with Crippen LogP contribution in [0.2, 0.25) is 5.02 Å². The van der Waals surface area contributed by atoms with Gasteiger partial charge in [0.1, 0.15) is 0 Å². The minimum absolute atomic E-state index is 0.723. The van der Waals surface area contributed by atoms with Crippen LogP contribution in [0.3, 0.4) is 0 Å². The van der Waals surface area contributed by atoms with E-state index < -0.39 is 0 Å². The Morgan fingerprint density at radius 1 is 1.28 bits per heavy atom. The maximum atomic E-state index is 6.33. The zero-order valence-electron chi connectivity index (χ0n) is 11.5. The predicted octanol–water partition coefficient (Wildman–Crippen LogP) is 2.92. The van der Waals surface area contributed by atoms with Crippen LogP contribution in [0, 0.1) is 0 Å². The molecule has 0 amide bonds. The Kier molecular flexibility index (Phi) is 7.09. The van der Waals surface area contributed by atoms with Crippen LogP contribution < -0.4 is 10.2 Å². The standard InChI is InChI=1S/C14H23ClN2O/c1-4-17(5-2)14-12(7-6-8-13(14)15)11-16-9-10-18-3/h6-8,16H,4-5,9-11H2,1-3H3. The van der Waals surface area contributed by atoms with Crippen LogP contribution in [-0.2, 0) is 11.3 Å². The minimum Gasteiger partial charge on any atom is -0.383 e. The molecular weight excluding hydrogens is 248 g/mol. The number of para-hydroxylation sites is 1. The Bertz CT molecular complexity index is 354. The minimum atomic E-state index is 0.723. The molecule has 0 heterocycles. The molecule has 0 unspecified atom stereocenters. The van der Waals surface area contributed by atoms with Crippen molar-refractivity contribution in [2.24, 2.45) is 0 Å². The quantitative estimate of drug-likeness (QED) is 0.735. The van der Waals surface area contributed by atoms with E-state index in [9.17, 15) is 0 Å². The first-order valence-corrected chi connectivity index (χ1v) is 6.84. The number of rotatable bonds is 8. The summed E-state index contributed by atoms with van der Waals surface area (Å²) in [7, 11) is 1.71. The number of hydrogen-bond acceptors (Lipinski definition) is 3. The van der Waals surface area contributed by atoms with Crippen molar-refractivity contribution in [3.05, 3.63) is 28.8 Å². The van der Waals surface area contributed by atoms with E-state index in [0.29, 0.717) is 0 Å². The van der Waals surface area contributed by atoms with Crippen molar-refractivity contribution in [3.63, 3.8) is 0 Å². The molecule has 0 atom stereocenters. The van der Waals surface area contributed by atoms with Gasteiger partial charge in [0.25, 0.3) is 0 Å². The fraction of sp³-hybridized carbons (Fsp3) is 0.571. The van der Waals surface area contributed by atoms with Crippen molar-refractivity contribution >= 4 is 17.3 Å². The molecule has 1 aromatic rings. The van der Waals surface area contributed by atoms with Crippen LogP contribution in [0.25, 0.3) is 0 Å². The van der Waals surface area contributed by atoms with Crippen molar-refractivity contribution in [1.29, 1.82) is 0 Å². The SMILES string of the molecule is CCN(CC)c1c(Cl)cccc1CNCCOC. The number of nitrogens with one attached hydrogen (secondary N) is 1. The highest BCUT2D eigenvalue weighted by molar-refractivity contribution is 6.33. The fourth-order valence-corrected chi connectivity index (χ4v) is 2.31. The largest absolute Gasteiger partial charge is 0.383 e. The van der Waals surface area contributed by atoms with Crippen LogP contribution in [-0.4, -0.2) is 33.4 Å². The fourth-order valence-electron chi connectivity index (χ4n) is 1.99. The summed E-state index contributed by atoms with van der Waals surface area (Å²) >= 11 is 6.33. The van der Waals surface area contributed by atoms with E-state index in [1.54, 1.807) is 7.11 Å². The molecule has 18 heavy (non-hydrogen) atoms. The van der Waals surface area contributed by atoms with E-state index in [1.165, 1.54) is 5.56 Å². The zero-order chi connectivity index (χ0) is 13.4. The van der Waals surface area contributed by atoms with Gasteiger partial charge >= 0.3 is 0 Å². The molecule has 0 aliphatic heterocycles. The Morgan fingerprint density at radius 3 is 2.61 bits per heavy atom. The molecule has 0 fully saturated rings. The molecule has 0 spiro atoms. The average Bonchev–Trinajstić information content (AvgIpc) is 2.38. The Morgan fingerprint density at radius 2 is 2.00 bits per heavy atom. The van der Waals surface area contributed by atoms with Gasteiger partial charge in [0.05, 0.1) is 17.3 Å². The molecule has 1 aromatic carbocycles. The topological polar surface area (TPSA) is 24.5 Å². The maximum Gasteiger partial charge on any atom is 0.0642 e. The summed E-state index contributed by atoms with van der Waals surface area (Å²) in [6.45, 7) is 8.61. The van der Waals surface area contributed by atoms with Crippen molar-refractivity contribution in [1.82, 2.24) is 5.32 Å². The molecule has 0 saturated heterocycles. The summed E-state index contributed by atoms with van der Waals surface area (Å²) in [6.07, 6.45) is 0. The smallest absolute Gasteiger partial charge is 0.0642 e. The normalized spacial score (nSPS) is 10.7. The molecule has 102 valence electrons. The average molecular weight is 271 g/mol. The van der Waals surface area contributed by atoms with Crippen LogP contribution in [0.5, 0.6) is 0 Å². The van der Waals surface area contributed by atoms with Gasteiger partial charge in [0.15, 0.2) is 0 Å². The van der Waals surface area contributed by atoms with Crippen molar-refractivity contribution < 1.29 is 4.74 Å². The second kappa shape index (κ2) is 8.35. The van der Waals surface area contributed by atoms with E-state index in [2.05, 4.69) is 30.1 Å². The summed E-state index contributed by atoms with van der Waals surface area (Å²) in [5.74, 6) is 0. The maximum absolute atomic E-state index is 6.33. The number of anilines is 1. The lowest BCUT2D eigenvalue weighted by Crippen LogP contribution is -2.26. The summed E-state index contributed by atoms with van der Waals surface area (Å²) < 4.78 is 5.02. The van der Waals surface area contributed by atoms with Crippen molar-refractivity contribution in [2.75, 3.05) is 38.3 Å². The number of benzene rings is 1. The molecule has 0 radical (unpaired) electrons. The van der Waals surface area contributed by atoms with Gasteiger partial charge in [0.2, 0.25) is 0 Å². The molecule has 0 bridgehead atoms. The second-order valence-corrected chi connectivity index (χ2v) is 4.50. The molecule has 0 aliphatic rings. The van der Waals surface area contributed by atoms with Crippen LogP contribution >= 0.6 is 11.6 Å². The highest BCUT2D eigenvalue weighted by Crippen LogP contribution is 2.29. The molecule has 0 saturated carbocycles. The Balaban J connectivity index is 2.79. The molecule has 3 nitrogen and oxygen atoms in total. The Labute approximate surface area is 115 Å². The third-order valence-electron chi connectivity index (χ3n) is 2.95. The van der Waals surface area contributed by atoms with E-state index in [1.807, 2.05) is 12.1 Å². The first kappa shape index (κ1) is 15.3. The van der Waals surface area contributed by atoms with E-state index in [0.717, 1.165) is 43.5 Å². The number of ether oxygens (including phenoxy) is 1. The van der Waals surface area contributed by atoms with Crippen LogP contribution in [0.1, 0.15) is 19.4 Å². The third-order valence-corrected chi connectivity index (χ3v) is 3.25. The highest BCUT2D eigenvalue weighted by Gasteiger charge is 2.11. The molecule has 4 heteroatoms. The zero-order valence-corrected chi connectivity index (χ0v) is 12.3. The van der Waals surface area contributed by atoms with E-state index in [4.69, 9.17) is 16.3 Å². The van der Waals surface area contributed by atoms with E-state index in [-0.39, 0.29) is 0 Å². The summed E-state index contributed by atoms with van der Waals surface area (Å²) in [5, 5.41) is 4.19. The van der Waals surface area contributed by atoms with Gasteiger partial charge in [-0.2, -0.15) is 0 Å². The molecule has 1 N–H and O–H groups in total. The van der Waals surface area contributed by atoms with Gasteiger partial charge in [-0.3, -0.25) is 0 Å². The number of hydrogen-bond donors (Lipinski definition) is 1. The van der Waals surface area contributed by atoms with Gasteiger partial charge in [-0.15, -0.1) is 0 Å². The highest BCUT2D eigenvalue weighted by atomic mass is 35.5. The van der Waals surface area contributed by atoms with Gasteiger partial charge in [-0.1, -0.05) is 23.7 Å². The summed E-state index contributed by atoms with van der Waals surface area (Å²) in [4.78, 5) is 2.29. The molecule has 0 aliphatic carbocycles. The monoisotopic (exact) mass is 270 g/mol. The lowest BCUT2D eigenvalue weighted by Gasteiger charge is -2.25. The van der Waals surface area contributed by atoms with Crippen molar-refractivity contribution in [2.45, 2.75) is 20.4 Å². The third kappa shape index (κ3) is 4.16. The number of nitrogens with zero attached hydrogens (tertiary/aromatic N) is 1. The summed E-state index contributed by atoms with van der Waals surface area (Å²) in [6, 6.07) is 6.08. The van der Waals surface area contributed by atoms with Crippen LogP contribution in [0.4, 0.5) is 5.69 Å². The predicted molar refractivity (Wildman–Crippen MR) is 78.6 cm³/mol. The lowest BCUT2D eigenvalue weighted by atomic mass is 10.1. The molecule has 1 rings (SSSR count). The van der Waals surface area contributed by atoms with Gasteiger partial charge < -0.3 is 15.0 Å². The summed E-state index contributed by atoms with van der Waals surface area (Å²) in [5.41, 5.74) is 2.39. The van der Waals surface area contributed by atoms with Crippen molar-refractivity contribution in [3.8, 4) is 0 Å². The molecular formula is C14H23ClN2O. The molecule has 0 aromatic heterocycles. The first-order chi connectivity index (χ1) is 8.74. The van der Waals surface area contributed by atoms with Gasteiger partial charge in [-0.25, -0.2) is 0 Å². The van der Waals surface area contributed by atoms with Gasteiger partial charge in [-0.05, 0) is 25.5 Å². The Hall–Kier alpha value is -0.770. The van der Waals surface area contributed by atoms with E-state index >= 15 is 0 Å². The van der Waals surface area contributed by atoms with Gasteiger partial charge in [0, 0.05) is 33.3 Å². The van der Waals surface area contributed by atoms with Crippen LogP contribution in [0.15, 0.2) is 18.2 Å². The second-order valence-electron chi connectivity index (χ2n) is 4.09. The first-order valence-electron chi connectivity index (χ1n) is 6.46. The number of methoxy groups -OCH3 is 1. The lowest BCUT2D eigenvalue weighted by molar-refractivity contribution is 0.199.